The summed E-state index contributed by atoms with van der Waals surface area (Å²) in [4.78, 5) is 22.5. The second-order valence-corrected chi connectivity index (χ2v) is 4.24. The zero-order chi connectivity index (χ0) is 15.4. The monoisotopic (exact) mass is 289 g/mol. The van der Waals surface area contributed by atoms with Crippen LogP contribution in [0.25, 0.3) is 5.69 Å². The number of hydrogen-bond acceptors (Lipinski definition) is 5. The molecular formula is C14H15N3O4. The highest BCUT2D eigenvalue weighted by atomic mass is 16.6. The van der Waals surface area contributed by atoms with Gasteiger partial charge in [-0.25, -0.2) is 9.48 Å². The van der Waals surface area contributed by atoms with Gasteiger partial charge in [0.15, 0.2) is 0 Å². The van der Waals surface area contributed by atoms with E-state index in [0.717, 1.165) is 0 Å². The van der Waals surface area contributed by atoms with Crippen LogP contribution in [0.3, 0.4) is 0 Å². The molecule has 21 heavy (non-hydrogen) atoms. The van der Waals surface area contributed by atoms with E-state index in [1.807, 2.05) is 6.92 Å². The Hall–Kier alpha value is -2.70. The molecule has 7 heteroatoms. The molecule has 0 spiro atoms. The van der Waals surface area contributed by atoms with Crippen molar-refractivity contribution in [3.8, 4) is 5.69 Å². The minimum Gasteiger partial charge on any atom is -0.462 e. The largest absolute Gasteiger partial charge is 0.462 e. The third kappa shape index (κ3) is 2.76. The Morgan fingerprint density at radius 2 is 2.10 bits per heavy atom. The van der Waals surface area contributed by atoms with Gasteiger partial charge in [0, 0.05) is 6.07 Å². The third-order valence-electron chi connectivity index (χ3n) is 3.01. The molecule has 0 unspecified atom stereocenters. The number of ether oxygens (including phenoxy) is 1. The van der Waals surface area contributed by atoms with Gasteiger partial charge < -0.3 is 4.74 Å². The number of rotatable bonds is 5. The summed E-state index contributed by atoms with van der Waals surface area (Å²) in [5.74, 6) is -0.473. The number of nitro benzene ring substituents is 1. The van der Waals surface area contributed by atoms with E-state index in [9.17, 15) is 14.9 Å². The summed E-state index contributed by atoms with van der Waals surface area (Å²) in [5.41, 5.74) is 1.18. The van der Waals surface area contributed by atoms with E-state index in [1.165, 1.54) is 16.9 Å². The number of para-hydroxylation sites is 2. The van der Waals surface area contributed by atoms with Gasteiger partial charge in [-0.15, -0.1) is 0 Å². The molecule has 2 aromatic rings. The Bertz CT molecular complexity index is 679. The fourth-order valence-electron chi connectivity index (χ4n) is 2.10. The van der Waals surface area contributed by atoms with Crippen LogP contribution in [0, 0.1) is 10.1 Å². The molecule has 0 N–H and O–H groups in total. The number of hydrogen-bond donors (Lipinski definition) is 0. The van der Waals surface area contributed by atoms with Gasteiger partial charge in [0.2, 0.25) is 0 Å². The minimum absolute atomic E-state index is 0.0642. The van der Waals surface area contributed by atoms with Crippen LogP contribution >= 0.6 is 0 Å². The molecule has 0 saturated carbocycles. The van der Waals surface area contributed by atoms with E-state index in [2.05, 4.69) is 5.10 Å². The van der Waals surface area contributed by atoms with Crippen LogP contribution in [0.5, 0.6) is 0 Å². The number of carbonyl (C=O) groups excluding carboxylic acids is 1. The summed E-state index contributed by atoms with van der Waals surface area (Å²) in [6, 6.07) is 6.27. The topological polar surface area (TPSA) is 87.3 Å². The average molecular weight is 289 g/mol. The van der Waals surface area contributed by atoms with Crippen molar-refractivity contribution in [3.05, 3.63) is 51.8 Å². The van der Waals surface area contributed by atoms with E-state index in [-0.39, 0.29) is 12.3 Å². The zero-order valence-corrected chi connectivity index (χ0v) is 11.8. The maximum atomic E-state index is 11.9. The third-order valence-corrected chi connectivity index (χ3v) is 3.01. The molecule has 110 valence electrons. The van der Waals surface area contributed by atoms with E-state index in [0.29, 0.717) is 23.4 Å². The number of nitro groups is 1. The van der Waals surface area contributed by atoms with E-state index < -0.39 is 10.9 Å². The summed E-state index contributed by atoms with van der Waals surface area (Å²) in [5, 5.41) is 15.2. The molecular weight excluding hydrogens is 274 g/mol. The summed E-state index contributed by atoms with van der Waals surface area (Å²) >= 11 is 0. The molecule has 2 rings (SSSR count). The second kappa shape index (κ2) is 6.17. The molecule has 0 radical (unpaired) electrons. The van der Waals surface area contributed by atoms with Crippen molar-refractivity contribution in [2.75, 3.05) is 6.61 Å². The maximum Gasteiger partial charge on any atom is 0.341 e. The first-order valence-electron chi connectivity index (χ1n) is 6.57. The molecule has 7 nitrogen and oxygen atoms in total. The standard InChI is InChI=1S/C14H15N3O4/c1-3-11-10(14(18)21-4-2)9-15-16(11)12-7-5-6-8-13(12)17(19)20/h5-9H,3-4H2,1-2H3. The molecule has 1 aromatic heterocycles. The second-order valence-electron chi connectivity index (χ2n) is 4.24. The smallest absolute Gasteiger partial charge is 0.341 e. The van der Waals surface area contributed by atoms with Crippen molar-refractivity contribution < 1.29 is 14.5 Å². The Morgan fingerprint density at radius 1 is 1.38 bits per heavy atom. The first-order chi connectivity index (χ1) is 10.1. The van der Waals surface area contributed by atoms with E-state index in [1.54, 1.807) is 25.1 Å². The normalized spacial score (nSPS) is 10.4. The average Bonchev–Trinajstić information content (AvgIpc) is 2.91. The predicted molar refractivity (Wildman–Crippen MR) is 75.6 cm³/mol. The maximum absolute atomic E-state index is 11.9. The summed E-state index contributed by atoms with van der Waals surface area (Å²) in [6.07, 6.45) is 1.88. The number of carbonyl (C=O) groups is 1. The Kier molecular flexibility index (Phi) is 4.32. The van der Waals surface area contributed by atoms with Gasteiger partial charge in [-0.1, -0.05) is 19.1 Å². The van der Waals surface area contributed by atoms with Crippen LogP contribution in [0.4, 0.5) is 5.69 Å². The molecule has 0 aliphatic heterocycles. The van der Waals surface area contributed by atoms with E-state index in [4.69, 9.17) is 4.74 Å². The molecule has 0 amide bonds. The lowest BCUT2D eigenvalue weighted by molar-refractivity contribution is -0.384. The Morgan fingerprint density at radius 3 is 2.71 bits per heavy atom. The molecule has 0 bridgehead atoms. The highest BCUT2D eigenvalue weighted by molar-refractivity contribution is 5.90. The fourth-order valence-corrected chi connectivity index (χ4v) is 2.10. The highest BCUT2D eigenvalue weighted by Gasteiger charge is 2.22. The van der Waals surface area contributed by atoms with Crippen molar-refractivity contribution in [2.24, 2.45) is 0 Å². The Balaban J connectivity index is 2.56. The van der Waals surface area contributed by atoms with Crippen molar-refractivity contribution >= 4 is 11.7 Å². The molecule has 0 fully saturated rings. The molecule has 1 aromatic carbocycles. The number of esters is 1. The Labute approximate surface area is 121 Å². The van der Waals surface area contributed by atoms with Gasteiger partial charge in [0.25, 0.3) is 5.69 Å². The lowest BCUT2D eigenvalue weighted by Gasteiger charge is -2.08. The van der Waals surface area contributed by atoms with Crippen LogP contribution < -0.4 is 0 Å². The van der Waals surface area contributed by atoms with Gasteiger partial charge >= 0.3 is 5.97 Å². The van der Waals surface area contributed by atoms with Crippen LogP contribution in [0.1, 0.15) is 29.9 Å². The highest BCUT2D eigenvalue weighted by Crippen LogP contribution is 2.25. The fraction of sp³-hybridized carbons (Fsp3) is 0.286. The lowest BCUT2D eigenvalue weighted by Crippen LogP contribution is -2.10. The molecule has 0 aliphatic carbocycles. The lowest BCUT2D eigenvalue weighted by atomic mass is 10.2. The molecule has 0 saturated heterocycles. The first-order valence-corrected chi connectivity index (χ1v) is 6.57. The van der Waals surface area contributed by atoms with Crippen LogP contribution in [-0.2, 0) is 11.2 Å². The summed E-state index contributed by atoms with van der Waals surface area (Å²) in [7, 11) is 0. The summed E-state index contributed by atoms with van der Waals surface area (Å²) < 4.78 is 6.39. The zero-order valence-electron chi connectivity index (χ0n) is 11.8. The van der Waals surface area contributed by atoms with Crippen LogP contribution in [-0.4, -0.2) is 27.3 Å². The van der Waals surface area contributed by atoms with Crippen LogP contribution in [0.2, 0.25) is 0 Å². The SMILES string of the molecule is CCOC(=O)c1cnn(-c2ccccc2[N+](=O)[O-])c1CC. The van der Waals surface area contributed by atoms with Gasteiger partial charge in [-0.3, -0.25) is 10.1 Å². The van der Waals surface area contributed by atoms with Crippen molar-refractivity contribution in [3.63, 3.8) is 0 Å². The molecule has 0 atom stereocenters. The van der Waals surface area contributed by atoms with Crippen molar-refractivity contribution in [2.45, 2.75) is 20.3 Å². The molecule has 1 heterocycles. The van der Waals surface area contributed by atoms with Gasteiger partial charge in [0.05, 0.1) is 23.4 Å². The van der Waals surface area contributed by atoms with Crippen molar-refractivity contribution in [1.29, 1.82) is 0 Å². The number of benzene rings is 1. The van der Waals surface area contributed by atoms with E-state index >= 15 is 0 Å². The minimum atomic E-state index is -0.473. The quantitative estimate of drug-likeness (QED) is 0.479. The first kappa shape index (κ1) is 14.7. The predicted octanol–water partition coefficient (Wildman–Crippen LogP) is 2.52. The van der Waals surface area contributed by atoms with Crippen molar-refractivity contribution in [1.82, 2.24) is 9.78 Å². The number of aromatic nitrogens is 2. The van der Waals surface area contributed by atoms with Gasteiger partial charge in [-0.05, 0) is 19.4 Å². The van der Waals surface area contributed by atoms with Crippen LogP contribution in [0.15, 0.2) is 30.5 Å². The van der Waals surface area contributed by atoms with Gasteiger partial charge in [0.1, 0.15) is 11.3 Å². The molecule has 0 aliphatic rings. The van der Waals surface area contributed by atoms with Gasteiger partial charge in [-0.2, -0.15) is 5.10 Å². The summed E-state index contributed by atoms with van der Waals surface area (Å²) in [6.45, 7) is 3.83. The number of nitrogens with zero attached hydrogens (tertiary/aromatic N) is 3.